The Balaban J connectivity index is 1.68. The van der Waals surface area contributed by atoms with E-state index in [1.807, 2.05) is 6.08 Å². The van der Waals surface area contributed by atoms with Gasteiger partial charge in [-0.1, -0.05) is 23.9 Å². The molecule has 3 aliphatic rings. The van der Waals surface area contributed by atoms with Crippen molar-refractivity contribution in [2.75, 3.05) is 11.4 Å². The van der Waals surface area contributed by atoms with Gasteiger partial charge in [-0.25, -0.2) is 0 Å². The average Bonchev–Trinajstić information content (AvgIpc) is 2.91. The number of hydrogen-bond donors (Lipinski definition) is 1. The van der Waals surface area contributed by atoms with Crippen molar-refractivity contribution in [1.82, 2.24) is 0 Å². The summed E-state index contributed by atoms with van der Waals surface area (Å²) in [5.74, 6) is 1.84. The number of benzene rings is 1. The number of thioether (sulfide) groups is 1. The summed E-state index contributed by atoms with van der Waals surface area (Å²) in [6, 6.07) is 8.44. The second-order valence-electron chi connectivity index (χ2n) is 5.95. The largest absolute Gasteiger partial charge is 0.508 e. The first-order valence-electron chi connectivity index (χ1n) is 8.12. The summed E-state index contributed by atoms with van der Waals surface area (Å²) < 4.78 is 6.03. The summed E-state index contributed by atoms with van der Waals surface area (Å²) in [5.41, 5.74) is 3.58. The molecule has 1 aliphatic carbocycles. The van der Waals surface area contributed by atoms with Crippen molar-refractivity contribution in [1.29, 1.82) is 0 Å². The molecule has 0 atom stereocenters. The molecule has 2 heterocycles. The van der Waals surface area contributed by atoms with E-state index in [-0.39, 0.29) is 5.76 Å². The summed E-state index contributed by atoms with van der Waals surface area (Å²) in [7, 11) is 0. The lowest BCUT2D eigenvalue weighted by Gasteiger charge is -2.24. The van der Waals surface area contributed by atoms with Crippen molar-refractivity contribution in [2.24, 2.45) is 0 Å². The van der Waals surface area contributed by atoms with Crippen LogP contribution in [0.2, 0.25) is 0 Å². The third-order valence-corrected chi connectivity index (χ3v) is 5.49. The molecule has 0 fully saturated rings. The Hall–Kier alpha value is -2.33. The average molecular weight is 337 g/mol. The van der Waals surface area contributed by atoms with Crippen molar-refractivity contribution in [2.45, 2.75) is 25.2 Å². The van der Waals surface area contributed by atoms with Gasteiger partial charge in [-0.2, -0.15) is 0 Å². The summed E-state index contributed by atoms with van der Waals surface area (Å²) in [5, 5.41) is 10.9. The molecule has 24 heavy (non-hydrogen) atoms. The fourth-order valence-electron chi connectivity index (χ4n) is 3.17. The van der Waals surface area contributed by atoms with Gasteiger partial charge in [-0.3, -0.25) is 0 Å². The highest BCUT2D eigenvalue weighted by Crippen LogP contribution is 2.46. The van der Waals surface area contributed by atoms with E-state index < -0.39 is 0 Å². The monoisotopic (exact) mass is 337 g/mol. The van der Waals surface area contributed by atoms with Crippen LogP contribution in [0.3, 0.4) is 0 Å². The molecule has 2 aliphatic heterocycles. The maximum Gasteiger partial charge on any atom is 0.134 e. The molecule has 0 spiro atoms. The van der Waals surface area contributed by atoms with Crippen LogP contribution in [0.5, 0.6) is 0 Å². The van der Waals surface area contributed by atoms with Crippen molar-refractivity contribution >= 4 is 17.4 Å². The number of aliphatic hydroxyl groups is 1. The molecule has 0 saturated heterocycles. The maximum atomic E-state index is 9.74. The van der Waals surface area contributed by atoms with E-state index in [0.717, 1.165) is 28.7 Å². The molecule has 0 aromatic heterocycles. The molecular weight excluding hydrogens is 318 g/mol. The normalized spacial score (nSPS) is 21.0. The van der Waals surface area contributed by atoms with E-state index in [1.165, 1.54) is 16.2 Å². The van der Waals surface area contributed by atoms with Crippen LogP contribution in [0.1, 0.15) is 20.3 Å². The minimum Gasteiger partial charge on any atom is -0.508 e. The van der Waals surface area contributed by atoms with Gasteiger partial charge in [0.05, 0.1) is 10.7 Å². The standard InChI is InChI=1S/C20H19NO2S/c1-3-21-17-6-4-5-7-19(17)24-20(21)12-15-10-13(2)16-9-8-14(22)11-18(16)23-15/h4-8,10-12,22H,3,9H2,1-2H3. The molecule has 4 rings (SSSR count). The van der Waals surface area contributed by atoms with Gasteiger partial charge in [0.25, 0.3) is 0 Å². The molecule has 1 aromatic carbocycles. The van der Waals surface area contributed by atoms with Crippen LogP contribution < -0.4 is 4.90 Å². The molecular formula is C20H19NO2S. The molecule has 122 valence electrons. The minimum absolute atomic E-state index is 0.272. The number of aliphatic hydroxyl groups excluding tert-OH is 1. The highest BCUT2D eigenvalue weighted by atomic mass is 32.2. The van der Waals surface area contributed by atoms with Crippen molar-refractivity contribution in [3.05, 3.63) is 82.0 Å². The zero-order chi connectivity index (χ0) is 16.7. The van der Waals surface area contributed by atoms with Crippen molar-refractivity contribution < 1.29 is 9.84 Å². The van der Waals surface area contributed by atoms with Crippen molar-refractivity contribution in [3.8, 4) is 0 Å². The maximum absolute atomic E-state index is 9.74. The number of ether oxygens (including phenoxy) is 1. The molecule has 0 saturated carbocycles. The smallest absolute Gasteiger partial charge is 0.134 e. The fraction of sp³-hybridized carbons (Fsp3) is 0.200. The third kappa shape index (κ3) is 2.57. The van der Waals surface area contributed by atoms with Crippen LogP contribution in [0.25, 0.3) is 0 Å². The van der Waals surface area contributed by atoms with E-state index in [4.69, 9.17) is 4.74 Å². The third-order valence-electron chi connectivity index (χ3n) is 4.37. The first kappa shape index (κ1) is 15.2. The number of hydrogen-bond acceptors (Lipinski definition) is 4. The van der Waals surface area contributed by atoms with Crippen LogP contribution in [0, 0.1) is 0 Å². The predicted molar refractivity (Wildman–Crippen MR) is 98.7 cm³/mol. The van der Waals surface area contributed by atoms with Crippen LogP contribution in [-0.2, 0) is 4.74 Å². The lowest BCUT2D eigenvalue weighted by atomic mass is 9.97. The SMILES string of the molecule is CCN1C(=CC2=CC(C)=C3CC=C(O)C=C3O2)Sc2ccccc21. The fourth-order valence-corrected chi connectivity index (χ4v) is 4.34. The first-order chi connectivity index (χ1) is 11.7. The second kappa shape index (κ2) is 5.95. The Labute approximate surface area is 146 Å². The molecule has 3 nitrogen and oxygen atoms in total. The zero-order valence-electron chi connectivity index (χ0n) is 13.7. The van der Waals surface area contributed by atoms with Gasteiger partial charge in [-0.05, 0) is 50.1 Å². The number of para-hydroxylation sites is 1. The molecule has 1 N–H and O–H groups in total. The van der Waals surface area contributed by atoms with Gasteiger partial charge in [-0.15, -0.1) is 0 Å². The van der Waals surface area contributed by atoms with Crippen LogP contribution in [-0.4, -0.2) is 11.7 Å². The lowest BCUT2D eigenvalue weighted by molar-refractivity contribution is 0.313. The Morgan fingerprint density at radius 3 is 2.96 bits per heavy atom. The Morgan fingerprint density at radius 2 is 2.12 bits per heavy atom. The highest BCUT2D eigenvalue weighted by molar-refractivity contribution is 8.03. The minimum atomic E-state index is 0.272. The molecule has 0 amide bonds. The molecule has 1 aromatic rings. The second-order valence-corrected chi connectivity index (χ2v) is 7.01. The van der Waals surface area contributed by atoms with E-state index in [0.29, 0.717) is 6.42 Å². The van der Waals surface area contributed by atoms with E-state index in [9.17, 15) is 5.11 Å². The first-order valence-corrected chi connectivity index (χ1v) is 8.94. The highest BCUT2D eigenvalue weighted by Gasteiger charge is 2.25. The van der Waals surface area contributed by atoms with Gasteiger partial charge >= 0.3 is 0 Å². The summed E-state index contributed by atoms with van der Waals surface area (Å²) in [6.45, 7) is 5.16. The Morgan fingerprint density at radius 1 is 1.29 bits per heavy atom. The summed E-state index contributed by atoms with van der Waals surface area (Å²) in [4.78, 5) is 3.57. The number of allylic oxidation sites excluding steroid dienone is 6. The van der Waals surface area contributed by atoms with Gasteiger partial charge in [0.2, 0.25) is 0 Å². The van der Waals surface area contributed by atoms with Gasteiger partial charge in [0, 0.05) is 29.2 Å². The molecule has 4 heteroatoms. The number of nitrogens with zero attached hydrogens (tertiary/aromatic N) is 1. The lowest BCUT2D eigenvalue weighted by Crippen LogP contribution is -2.17. The van der Waals surface area contributed by atoms with Crippen LogP contribution >= 0.6 is 11.8 Å². The Kier molecular flexibility index (Phi) is 3.77. The Bertz CT molecular complexity index is 858. The summed E-state index contributed by atoms with van der Waals surface area (Å²) in [6.07, 6.45) is 8.39. The molecule has 0 radical (unpaired) electrons. The zero-order valence-corrected chi connectivity index (χ0v) is 14.6. The van der Waals surface area contributed by atoms with Crippen LogP contribution in [0.4, 0.5) is 5.69 Å². The van der Waals surface area contributed by atoms with E-state index in [2.05, 4.69) is 55.2 Å². The number of anilines is 1. The van der Waals surface area contributed by atoms with E-state index in [1.54, 1.807) is 17.8 Å². The van der Waals surface area contributed by atoms with Crippen LogP contribution in [0.15, 0.2) is 86.9 Å². The van der Waals surface area contributed by atoms with Gasteiger partial charge in [0.1, 0.15) is 17.3 Å². The molecule has 0 unspecified atom stereocenters. The van der Waals surface area contributed by atoms with Gasteiger partial charge in [0.15, 0.2) is 0 Å². The topological polar surface area (TPSA) is 32.7 Å². The quantitative estimate of drug-likeness (QED) is 0.781. The summed E-state index contributed by atoms with van der Waals surface area (Å²) >= 11 is 1.76. The predicted octanol–water partition coefficient (Wildman–Crippen LogP) is 5.42. The molecule has 0 bridgehead atoms. The van der Waals surface area contributed by atoms with Gasteiger partial charge < -0.3 is 14.7 Å². The number of rotatable bonds is 2. The van der Waals surface area contributed by atoms with E-state index >= 15 is 0 Å². The van der Waals surface area contributed by atoms with Crippen molar-refractivity contribution in [3.63, 3.8) is 0 Å². The number of fused-ring (bicyclic) bond motifs is 2.